The molecule has 0 aliphatic carbocycles. The third-order valence-electron chi connectivity index (χ3n) is 5.22. The van der Waals surface area contributed by atoms with Crippen molar-refractivity contribution in [3.05, 3.63) is 107 Å². The SMILES string of the molecule is Cc1cnc(Nc2ccc(F)cc2)cc1-n1ccc(C(=O)NC(CN)c2cccc(Cl)c2)c1. The van der Waals surface area contributed by atoms with Gasteiger partial charge in [-0.3, -0.25) is 4.79 Å². The van der Waals surface area contributed by atoms with E-state index in [-0.39, 0.29) is 24.3 Å². The summed E-state index contributed by atoms with van der Waals surface area (Å²) in [4.78, 5) is 17.3. The topological polar surface area (TPSA) is 85.0 Å². The van der Waals surface area contributed by atoms with Crippen LogP contribution >= 0.6 is 11.6 Å². The molecule has 0 bridgehead atoms. The molecule has 0 saturated carbocycles. The Morgan fingerprint density at radius 2 is 1.97 bits per heavy atom. The van der Waals surface area contributed by atoms with Crippen molar-refractivity contribution in [3.63, 3.8) is 0 Å². The number of aromatic nitrogens is 2. The standard InChI is InChI=1S/C25H23ClFN5O/c1-16-14-29-24(30-21-7-5-20(27)6-8-21)12-23(16)32-10-9-18(15-32)25(33)31-22(13-28)17-3-2-4-19(26)11-17/h2-12,14-15,22H,13,28H2,1H3,(H,29,30)(H,31,33). The summed E-state index contributed by atoms with van der Waals surface area (Å²) in [5.41, 5.74) is 9.75. The molecule has 0 aliphatic rings. The molecule has 1 unspecified atom stereocenters. The fourth-order valence-electron chi connectivity index (χ4n) is 3.46. The van der Waals surface area contributed by atoms with E-state index in [0.717, 1.165) is 22.5 Å². The summed E-state index contributed by atoms with van der Waals surface area (Å²) in [6.45, 7) is 2.18. The highest BCUT2D eigenvalue weighted by molar-refractivity contribution is 6.30. The van der Waals surface area contributed by atoms with Crippen molar-refractivity contribution in [2.45, 2.75) is 13.0 Å². The first kappa shape index (κ1) is 22.5. The molecular weight excluding hydrogens is 441 g/mol. The normalized spacial score (nSPS) is 11.8. The second-order valence-electron chi connectivity index (χ2n) is 7.61. The summed E-state index contributed by atoms with van der Waals surface area (Å²) in [6.07, 6.45) is 5.31. The van der Waals surface area contributed by atoms with E-state index >= 15 is 0 Å². The number of pyridine rings is 1. The number of anilines is 2. The molecule has 6 nitrogen and oxygen atoms in total. The summed E-state index contributed by atoms with van der Waals surface area (Å²) in [5, 5.41) is 6.71. The lowest BCUT2D eigenvalue weighted by molar-refractivity contribution is 0.0938. The molecular formula is C25H23ClFN5O. The molecule has 4 aromatic rings. The second kappa shape index (κ2) is 9.85. The van der Waals surface area contributed by atoms with Crippen LogP contribution in [0.25, 0.3) is 5.69 Å². The Morgan fingerprint density at radius 1 is 1.18 bits per heavy atom. The van der Waals surface area contributed by atoms with Gasteiger partial charge >= 0.3 is 0 Å². The van der Waals surface area contributed by atoms with Crippen LogP contribution in [0.4, 0.5) is 15.9 Å². The minimum Gasteiger partial charge on any atom is -0.344 e. The van der Waals surface area contributed by atoms with Gasteiger partial charge in [0.25, 0.3) is 5.91 Å². The Labute approximate surface area is 196 Å². The van der Waals surface area contributed by atoms with Crippen molar-refractivity contribution in [1.29, 1.82) is 0 Å². The molecule has 2 aromatic carbocycles. The van der Waals surface area contributed by atoms with Crippen LogP contribution in [0.5, 0.6) is 0 Å². The number of hydrogen-bond donors (Lipinski definition) is 3. The number of nitrogens with two attached hydrogens (primary N) is 1. The molecule has 2 aromatic heterocycles. The molecule has 0 radical (unpaired) electrons. The summed E-state index contributed by atoms with van der Waals surface area (Å²) in [7, 11) is 0. The third kappa shape index (κ3) is 5.39. The highest BCUT2D eigenvalue weighted by Gasteiger charge is 2.16. The van der Waals surface area contributed by atoms with Crippen LogP contribution in [-0.2, 0) is 0 Å². The van der Waals surface area contributed by atoms with Crippen molar-refractivity contribution in [3.8, 4) is 5.69 Å². The fourth-order valence-corrected chi connectivity index (χ4v) is 3.66. The fraction of sp³-hybridized carbons (Fsp3) is 0.120. The number of amides is 1. The van der Waals surface area contributed by atoms with Gasteiger partial charge in [-0.15, -0.1) is 0 Å². The van der Waals surface area contributed by atoms with Gasteiger partial charge in [0.2, 0.25) is 0 Å². The number of carbonyl (C=O) groups is 1. The lowest BCUT2D eigenvalue weighted by Gasteiger charge is -2.17. The van der Waals surface area contributed by atoms with E-state index in [2.05, 4.69) is 15.6 Å². The second-order valence-corrected chi connectivity index (χ2v) is 8.05. The predicted molar refractivity (Wildman–Crippen MR) is 129 cm³/mol. The Kier molecular flexibility index (Phi) is 6.72. The molecule has 0 aliphatic heterocycles. The molecule has 4 rings (SSSR count). The summed E-state index contributed by atoms with van der Waals surface area (Å²) >= 11 is 6.07. The molecule has 0 spiro atoms. The molecule has 1 atom stereocenters. The van der Waals surface area contributed by atoms with Gasteiger partial charge < -0.3 is 20.9 Å². The zero-order chi connectivity index (χ0) is 23.4. The van der Waals surface area contributed by atoms with Crippen molar-refractivity contribution >= 4 is 29.0 Å². The van der Waals surface area contributed by atoms with Crippen LogP contribution in [-0.4, -0.2) is 22.0 Å². The molecule has 0 saturated heterocycles. The number of halogens is 2. The maximum atomic E-state index is 13.2. The van der Waals surface area contributed by atoms with E-state index in [4.69, 9.17) is 17.3 Å². The molecule has 2 heterocycles. The quantitative estimate of drug-likeness (QED) is 0.354. The van der Waals surface area contributed by atoms with Crippen LogP contribution < -0.4 is 16.4 Å². The van der Waals surface area contributed by atoms with E-state index in [1.165, 1.54) is 12.1 Å². The largest absolute Gasteiger partial charge is 0.344 e. The van der Waals surface area contributed by atoms with E-state index < -0.39 is 0 Å². The average molecular weight is 464 g/mol. The van der Waals surface area contributed by atoms with Crippen LogP contribution in [0, 0.1) is 12.7 Å². The third-order valence-corrected chi connectivity index (χ3v) is 5.45. The molecule has 168 valence electrons. The first-order valence-electron chi connectivity index (χ1n) is 10.4. The molecule has 4 N–H and O–H groups in total. The highest BCUT2D eigenvalue weighted by atomic mass is 35.5. The van der Waals surface area contributed by atoms with Gasteiger partial charge in [-0.05, 0) is 60.5 Å². The summed E-state index contributed by atoms with van der Waals surface area (Å²) in [6, 6.07) is 16.6. The lowest BCUT2D eigenvalue weighted by Crippen LogP contribution is -2.33. The Bertz CT molecular complexity index is 1270. The molecule has 1 amide bonds. The van der Waals surface area contributed by atoms with Gasteiger partial charge in [0.15, 0.2) is 0 Å². The van der Waals surface area contributed by atoms with Crippen LogP contribution in [0.15, 0.2) is 79.3 Å². The summed E-state index contributed by atoms with van der Waals surface area (Å²) in [5.74, 6) is 0.0649. The Balaban J connectivity index is 1.52. The number of aryl methyl sites for hydroxylation is 1. The van der Waals surface area contributed by atoms with Crippen LogP contribution in [0.1, 0.15) is 27.5 Å². The van der Waals surface area contributed by atoms with E-state index in [1.54, 1.807) is 42.7 Å². The Morgan fingerprint density at radius 3 is 2.70 bits per heavy atom. The van der Waals surface area contributed by atoms with E-state index in [0.29, 0.717) is 16.4 Å². The average Bonchev–Trinajstić information content (AvgIpc) is 3.30. The number of nitrogens with zero attached hydrogens (tertiary/aromatic N) is 2. The van der Waals surface area contributed by atoms with Gasteiger partial charge in [0.1, 0.15) is 11.6 Å². The Hall–Kier alpha value is -3.68. The van der Waals surface area contributed by atoms with Gasteiger partial charge in [0.05, 0.1) is 17.3 Å². The maximum Gasteiger partial charge on any atom is 0.253 e. The first-order chi connectivity index (χ1) is 15.9. The minimum absolute atomic E-state index is 0.236. The van der Waals surface area contributed by atoms with Gasteiger partial charge in [0, 0.05) is 41.9 Å². The number of nitrogens with one attached hydrogen (secondary N) is 2. The van der Waals surface area contributed by atoms with Gasteiger partial charge in [-0.25, -0.2) is 9.37 Å². The van der Waals surface area contributed by atoms with Crippen molar-refractivity contribution in [2.24, 2.45) is 5.73 Å². The molecule has 0 fully saturated rings. The van der Waals surface area contributed by atoms with Crippen molar-refractivity contribution < 1.29 is 9.18 Å². The van der Waals surface area contributed by atoms with Crippen molar-refractivity contribution in [2.75, 3.05) is 11.9 Å². The van der Waals surface area contributed by atoms with Gasteiger partial charge in [-0.2, -0.15) is 0 Å². The lowest BCUT2D eigenvalue weighted by atomic mass is 10.1. The zero-order valence-corrected chi connectivity index (χ0v) is 18.7. The predicted octanol–water partition coefficient (Wildman–Crippen LogP) is 5.15. The number of benzene rings is 2. The van der Waals surface area contributed by atoms with Crippen molar-refractivity contribution in [1.82, 2.24) is 14.9 Å². The monoisotopic (exact) mass is 463 g/mol. The van der Waals surface area contributed by atoms with E-state index in [9.17, 15) is 9.18 Å². The van der Waals surface area contributed by atoms with Crippen LogP contribution in [0.2, 0.25) is 5.02 Å². The molecule has 8 heteroatoms. The molecule has 33 heavy (non-hydrogen) atoms. The highest BCUT2D eigenvalue weighted by Crippen LogP contribution is 2.22. The first-order valence-corrected chi connectivity index (χ1v) is 10.7. The number of rotatable bonds is 7. The number of hydrogen-bond acceptors (Lipinski definition) is 4. The van der Waals surface area contributed by atoms with Gasteiger partial charge in [-0.1, -0.05) is 23.7 Å². The van der Waals surface area contributed by atoms with E-state index in [1.807, 2.05) is 35.9 Å². The minimum atomic E-state index is -0.353. The number of carbonyl (C=O) groups excluding carboxylic acids is 1. The smallest absolute Gasteiger partial charge is 0.253 e. The zero-order valence-electron chi connectivity index (χ0n) is 17.9. The maximum absolute atomic E-state index is 13.2. The van der Waals surface area contributed by atoms with Crippen LogP contribution in [0.3, 0.4) is 0 Å². The summed E-state index contributed by atoms with van der Waals surface area (Å²) < 4.78 is 15.0.